The van der Waals surface area contributed by atoms with Gasteiger partial charge >= 0.3 is 0 Å². The number of hydrogen-bond acceptors (Lipinski definition) is 3. The molecule has 2 heterocycles. The van der Waals surface area contributed by atoms with E-state index in [2.05, 4.69) is 17.1 Å². The second kappa shape index (κ2) is 9.33. The zero-order chi connectivity index (χ0) is 20.2. The van der Waals surface area contributed by atoms with E-state index in [-0.39, 0.29) is 11.9 Å². The number of aliphatic imine (C=N–C) groups is 1. The molecule has 2 saturated heterocycles. The largest absolute Gasteiger partial charge is 0.393 e. The number of hydrogen-bond donors (Lipinski definition) is 2. The van der Waals surface area contributed by atoms with Crippen LogP contribution in [0.5, 0.6) is 0 Å². The molecule has 1 aromatic rings. The van der Waals surface area contributed by atoms with Crippen LogP contribution in [0.15, 0.2) is 23.2 Å². The van der Waals surface area contributed by atoms with Crippen molar-refractivity contribution in [3.05, 3.63) is 29.6 Å². The lowest BCUT2D eigenvalue weighted by Gasteiger charge is -2.31. The van der Waals surface area contributed by atoms with Crippen molar-refractivity contribution in [3.8, 4) is 0 Å². The number of likely N-dealkylation sites (tertiary alicyclic amines) is 1. The maximum Gasteiger partial charge on any atom is 0.194 e. The monoisotopic (exact) mass is 402 g/mol. The summed E-state index contributed by atoms with van der Waals surface area (Å²) in [4.78, 5) is 9.28. The second-order valence-electron chi connectivity index (χ2n) is 8.88. The van der Waals surface area contributed by atoms with Crippen LogP contribution >= 0.6 is 0 Å². The summed E-state index contributed by atoms with van der Waals surface area (Å²) < 4.78 is 14.7. The third kappa shape index (κ3) is 4.85. The Morgan fingerprint density at radius 1 is 1.14 bits per heavy atom. The number of anilines is 1. The summed E-state index contributed by atoms with van der Waals surface area (Å²) in [5, 5.41) is 13.1. The summed E-state index contributed by atoms with van der Waals surface area (Å²) in [6, 6.07) is 5.48. The third-order valence-electron chi connectivity index (χ3n) is 6.84. The number of halogens is 1. The van der Waals surface area contributed by atoms with Gasteiger partial charge in [-0.15, -0.1) is 0 Å². The average Bonchev–Trinajstić information content (AvgIpc) is 3.16. The smallest absolute Gasteiger partial charge is 0.194 e. The van der Waals surface area contributed by atoms with Crippen LogP contribution in [0.1, 0.15) is 51.0 Å². The summed E-state index contributed by atoms with van der Waals surface area (Å²) in [7, 11) is 0. The number of aliphatic hydroxyl groups is 1. The maximum atomic E-state index is 14.7. The zero-order valence-electron chi connectivity index (χ0n) is 17.6. The summed E-state index contributed by atoms with van der Waals surface area (Å²) in [6.07, 6.45) is 6.59. The van der Waals surface area contributed by atoms with Crippen molar-refractivity contribution in [3.63, 3.8) is 0 Å². The lowest BCUT2D eigenvalue weighted by Crippen LogP contribution is -2.40. The van der Waals surface area contributed by atoms with Gasteiger partial charge in [-0.2, -0.15) is 0 Å². The van der Waals surface area contributed by atoms with Crippen molar-refractivity contribution in [1.29, 1.82) is 0 Å². The van der Waals surface area contributed by atoms with Crippen LogP contribution < -0.4 is 10.2 Å². The van der Waals surface area contributed by atoms with Gasteiger partial charge in [-0.25, -0.2) is 9.38 Å². The number of piperidine rings is 1. The highest BCUT2D eigenvalue weighted by Crippen LogP contribution is 2.36. The van der Waals surface area contributed by atoms with E-state index in [0.717, 1.165) is 43.0 Å². The van der Waals surface area contributed by atoms with Crippen LogP contribution in [0, 0.1) is 17.7 Å². The minimum absolute atomic E-state index is 0.189. The molecule has 1 aromatic carbocycles. The first-order valence-corrected chi connectivity index (χ1v) is 11.4. The van der Waals surface area contributed by atoms with Gasteiger partial charge in [-0.3, -0.25) is 0 Å². The fourth-order valence-corrected chi connectivity index (χ4v) is 5.18. The number of rotatable bonds is 4. The van der Waals surface area contributed by atoms with Crippen molar-refractivity contribution >= 4 is 11.6 Å². The normalized spacial score (nSPS) is 26.0. The van der Waals surface area contributed by atoms with Crippen LogP contribution in [-0.4, -0.2) is 54.8 Å². The topological polar surface area (TPSA) is 51.1 Å². The SMILES string of the molecule is CCNC(=NCc1ccc(N2CCC(O)CC2)c(F)c1)N1CC2CCCCC2C1. The number of benzene rings is 1. The summed E-state index contributed by atoms with van der Waals surface area (Å²) >= 11 is 0. The molecule has 4 rings (SSSR count). The van der Waals surface area contributed by atoms with Crippen LogP contribution in [0.2, 0.25) is 0 Å². The van der Waals surface area contributed by atoms with Gasteiger partial charge in [0, 0.05) is 32.7 Å². The number of fused-ring (bicyclic) bond motifs is 1. The minimum Gasteiger partial charge on any atom is -0.393 e. The van der Waals surface area contributed by atoms with Gasteiger partial charge in [0.05, 0.1) is 18.3 Å². The van der Waals surface area contributed by atoms with E-state index < -0.39 is 0 Å². The fraction of sp³-hybridized carbons (Fsp3) is 0.696. The molecular formula is C23H35FN4O. The van der Waals surface area contributed by atoms with Crippen molar-refractivity contribution in [1.82, 2.24) is 10.2 Å². The van der Waals surface area contributed by atoms with E-state index in [4.69, 9.17) is 4.99 Å². The predicted molar refractivity (Wildman–Crippen MR) is 116 cm³/mol. The molecular weight excluding hydrogens is 367 g/mol. The molecule has 1 aliphatic carbocycles. The fourth-order valence-electron chi connectivity index (χ4n) is 5.18. The predicted octanol–water partition coefficient (Wildman–Crippen LogP) is 3.37. The van der Waals surface area contributed by atoms with Crippen LogP contribution in [0.4, 0.5) is 10.1 Å². The molecule has 160 valence electrons. The Labute approximate surface area is 174 Å². The first-order valence-electron chi connectivity index (χ1n) is 11.4. The van der Waals surface area contributed by atoms with Crippen molar-refractivity contribution < 1.29 is 9.50 Å². The van der Waals surface area contributed by atoms with Crippen molar-refractivity contribution in [2.75, 3.05) is 37.6 Å². The summed E-state index contributed by atoms with van der Waals surface area (Å²) in [6.45, 7) is 7.05. The van der Waals surface area contributed by atoms with Crippen LogP contribution in [0.3, 0.4) is 0 Å². The molecule has 1 saturated carbocycles. The minimum atomic E-state index is -0.248. The Morgan fingerprint density at radius 3 is 2.45 bits per heavy atom. The highest BCUT2D eigenvalue weighted by atomic mass is 19.1. The molecule has 0 radical (unpaired) electrons. The van der Waals surface area contributed by atoms with Crippen LogP contribution in [0.25, 0.3) is 0 Å². The van der Waals surface area contributed by atoms with E-state index in [9.17, 15) is 9.50 Å². The van der Waals surface area contributed by atoms with Gasteiger partial charge in [0.15, 0.2) is 5.96 Å². The molecule has 2 N–H and O–H groups in total. The van der Waals surface area contributed by atoms with E-state index in [1.807, 2.05) is 17.0 Å². The first-order chi connectivity index (χ1) is 14.1. The molecule has 0 aromatic heterocycles. The van der Waals surface area contributed by atoms with Gasteiger partial charge in [0.1, 0.15) is 5.82 Å². The van der Waals surface area contributed by atoms with Gasteiger partial charge in [-0.1, -0.05) is 18.9 Å². The molecule has 2 unspecified atom stereocenters. The standard InChI is InChI=1S/C23H35FN4O/c1-2-25-23(28-15-18-5-3-4-6-19(18)16-28)26-14-17-7-8-22(21(24)13-17)27-11-9-20(29)10-12-27/h7-8,13,18-20,29H,2-6,9-12,14-16H2,1H3,(H,25,26). The zero-order valence-corrected chi connectivity index (χ0v) is 17.6. The maximum absolute atomic E-state index is 14.7. The molecule has 3 aliphatic rings. The molecule has 0 bridgehead atoms. The molecule has 29 heavy (non-hydrogen) atoms. The van der Waals surface area contributed by atoms with E-state index in [1.165, 1.54) is 25.7 Å². The van der Waals surface area contributed by atoms with Crippen molar-refractivity contribution in [2.45, 2.75) is 58.1 Å². The Hall–Kier alpha value is -1.82. The highest BCUT2D eigenvalue weighted by Gasteiger charge is 2.35. The molecule has 0 amide bonds. The quantitative estimate of drug-likeness (QED) is 0.599. The lowest BCUT2D eigenvalue weighted by molar-refractivity contribution is 0.145. The first kappa shape index (κ1) is 20.5. The van der Waals surface area contributed by atoms with Gasteiger partial charge in [0.2, 0.25) is 0 Å². The number of nitrogens with one attached hydrogen (secondary N) is 1. The Morgan fingerprint density at radius 2 is 1.83 bits per heavy atom. The van der Waals surface area contributed by atoms with E-state index in [0.29, 0.717) is 38.2 Å². The molecule has 5 nitrogen and oxygen atoms in total. The molecule has 2 atom stereocenters. The molecule has 2 aliphatic heterocycles. The Balaban J connectivity index is 1.41. The van der Waals surface area contributed by atoms with Crippen LogP contribution in [-0.2, 0) is 6.54 Å². The van der Waals surface area contributed by atoms with Gasteiger partial charge < -0.3 is 20.2 Å². The number of guanidine groups is 1. The Kier molecular flexibility index (Phi) is 6.58. The van der Waals surface area contributed by atoms with Crippen molar-refractivity contribution in [2.24, 2.45) is 16.8 Å². The number of nitrogens with zero attached hydrogens (tertiary/aromatic N) is 3. The van der Waals surface area contributed by atoms with E-state index in [1.54, 1.807) is 6.07 Å². The highest BCUT2D eigenvalue weighted by molar-refractivity contribution is 5.80. The lowest BCUT2D eigenvalue weighted by atomic mass is 9.82. The second-order valence-corrected chi connectivity index (χ2v) is 8.88. The van der Waals surface area contributed by atoms with Gasteiger partial charge in [0.25, 0.3) is 0 Å². The Bertz CT molecular complexity index is 703. The molecule has 0 spiro atoms. The van der Waals surface area contributed by atoms with E-state index >= 15 is 0 Å². The van der Waals surface area contributed by atoms with Gasteiger partial charge in [-0.05, 0) is 62.1 Å². The molecule has 3 fully saturated rings. The third-order valence-corrected chi connectivity index (χ3v) is 6.84. The number of aliphatic hydroxyl groups excluding tert-OH is 1. The summed E-state index contributed by atoms with van der Waals surface area (Å²) in [5.74, 6) is 2.41. The average molecular weight is 403 g/mol. The molecule has 6 heteroatoms. The summed E-state index contributed by atoms with van der Waals surface area (Å²) in [5.41, 5.74) is 1.54.